The Morgan fingerprint density at radius 2 is 1.65 bits per heavy atom. The summed E-state index contributed by atoms with van der Waals surface area (Å²) in [5.74, 6) is 0.0832. The highest BCUT2D eigenvalue weighted by Gasteiger charge is 2.17. The number of aromatic amines is 1. The maximum Gasteiger partial charge on any atom is 0.196 e. The van der Waals surface area contributed by atoms with Crippen LogP contribution in [0.3, 0.4) is 0 Å². The van der Waals surface area contributed by atoms with Crippen LogP contribution < -0.4 is 0 Å². The molecule has 20 heavy (non-hydrogen) atoms. The maximum atomic E-state index is 12.8. The highest BCUT2D eigenvalue weighted by molar-refractivity contribution is 7.17. The topological polar surface area (TPSA) is 32.9 Å². The maximum absolute atomic E-state index is 12.8. The van der Waals surface area contributed by atoms with Crippen molar-refractivity contribution in [2.75, 3.05) is 0 Å². The molecule has 0 atom stereocenters. The van der Waals surface area contributed by atoms with Gasteiger partial charge < -0.3 is 4.98 Å². The van der Waals surface area contributed by atoms with Gasteiger partial charge in [0.1, 0.15) is 0 Å². The summed E-state index contributed by atoms with van der Waals surface area (Å²) in [5, 5.41) is 3.97. The lowest BCUT2D eigenvalue weighted by Gasteiger charge is -1.98. The molecular weight excluding hydrogens is 266 g/mol. The number of hydrogen-bond acceptors (Lipinski definition) is 2. The van der Waals surface area contributed by atoms with E-state index in [-0.39, 0.29) is 5.78 Å². The standard InChI is InChI=1S/C17H11NOS/c19-17(13-9-18-15-7-3-1-5-11(13)15)14-10-20-16-8-4-2-6-12(14)16/h1-10,18H. The van der Waals surface area contributed by atoms with Crippen LogP contribution in [0.15, 0.2) is 60.1 Å². The molecule has 0 aliphatic heterocycles. The van der Waals surface area contributed by atoms with Crippen LogP contribution in [0.25, 0.3) is 21.0 Å². The number of fused-ring (bicyclic) bond motifs is 2. The zero-order valence-corrected chi connectivity index (χ0v) is 11.4. The van der Waals surface area contributed by atoms with E-state index in [9.17, 15) is 4.79 Å². The molecule has 0 radical (unpaired) electrons. The number of carbonyl (C=O) groups excluding carboxylic acids is 1. The molecule has 0 aliphatic carbocycles. The lowest BCUT2D eigenvalue weighted by molar-refractivity contribution is 0.104. The Labute approximate surface area is 119 Å². The van der Waals surface area contributed by atoms with Crippen LogP contribution >= 0.6 is 11.3 Å². The van der Waals surface area contributed by atoms with Gasteiger partial charge in [-0.3, -0.25) is 4.79 Å². The molecule has 2 nitrogen and oxygen atoms in total. The summed E-state index contributed by atoms with van der Waals surface area (Å²) in [5.41, 5.74) is 2.52. The Morgan fingerprint density at radius 3 is 2.55 bits per heavy atom. The van der Waals surface area contributed by atoms with Gasteiger partial charge in [-0.05, 0) is 12.1 Å². The highest BCUT2D eigenvalue weighted by atomic mass is 32.1. The number of rotatable bonds is 2. The fraction of sp³-hybridized carbons (Fsp3) is 0. The third-order valence-electron chi connectivity index (χ3n) is 3.56. The van der Waals surface area contributed by atoms with Crippen molar-refractivity contribution in [2.45, 2.75) is 0 Å². The minimum Gasteiger partial charge on any atom is -0.360 e. The Bertz CT molecular complexity index is 856. The molecule has 0 aliphatic rings. The second-order valence-electron chi connectivity index (χ2n) is 4.72. The van der Waals surface area contributed by atoms with E-state index in [1.807, 2.05) is 53.9 Å². The minimum absolute atomic E-state index is 0.0832. The normalized spacial score (nSPS) is 11.2. The quantitative estimate of drug-likeness (QED) is 0.533. The summed E-state index contributed by atoms with van der Waals surface area (Å²) >= 11 is 1.61. The van der Waals surface area contributed by atoms with E-state index in [0.29, 0.717) is 0 Å². The minimum atomic E-state index is 0.0832. The summed E-state index contributed by atoms with van der Waals surface area (Å²) in [6, 6.07) is 15.9. The van der Waals surface area contributed by atoms with Crippen molar-refractivity contribution < 1.29 is 4.79 Å². The first kappa shape index (κ1) is 11.4. The van der Waals surface area contributed by atoms with Gasteiger partial charge in [-0.2, -0.15) is 0 Å². The van der Waals surface area contributed by atoms with Crippen LogP contribution in [0, 0.1) is 0 Å². The Balaban J connectivity index is 1.92. The molecule has 2 aromatic heterocycles. The summed E-state index contributed by atoms with van der Waals surface area (Å²) in [4.78, 5) is 15.9. The van der Waals surface area contributed by atoms with Gasteiger partial charge in [0.25, 0.3) is 0 Å². The number of ketones is 1. The average molecular weight is 277 g/mol. The first-order valence-electron chi connectivity index (χ1n) is 6.41. The van der Waals surface area contributed by atoms with Gasteiger partial charge in [-0.25, -0.2) is 0 Å². The van der Waals surface area contributed by atoms with Crippen molar-refractivity contribution >= 4 is 38.1 Å². The van der Waals surface area contributed by atoms with Crippen LogP contribution in [0.5, 0.6) is 0 Å². The van der Waals surface area contributed by atoms with E-state index in [0.717, 1.165) is 32.1 Å². The number of aromatic nitrogens is 1. The zero-order valence-electron chi connectivity index (χ0n) is 10.6. The largest absolute Gasteiger partial charge is 0.360 e. The first-order valence-corrected chi connectivity index (χ1v) is 7.29. The Morgan fingerprint density at radius 1 is 0.900 bits per heavy atom. The van der Waals surface area contributed by atoms with E-state index in [2.05, 4.69) is 4.98 Å². The molecule has 0 saturated heterocycles. The molecule has 0 spiro atoms. The Kier molecular flexibility index (Phi) is 2.47. The van der Waals surface area contributed by atoms with Crippen molar-refractivity contribution in [1.29, 1.82) is 0 Å². The predicted molar refractivity (Wildman–Crippen MR) is 83.6 cm³/mol. The number of thiophene rings is 1. The smallest absolute Gasteiger partial charge is 0.196 e. The van der Waals surface area contributed by atoms with E-state index in [1.54, 1.807) is 17.5 Å². The van der Waals surface area contributed by atoms with Crippen LogP contribution in [-0.2, 0) is 0 Å². The van der Waals surface area contributed by atoms with Gasteiger partial charge in [0.2, 0.25) is 0 Å². The molecule has 0 fully saturated rings. The number of H-pyrrole nitrogens is 1. The van der Waals surface area contributed by atoms with E-state index in [4.69, 9.17) is 0 Å². The lowest BCUT2D eigenvalue weighted by atomic mass is 10.0. The fourth-order valence-electron chi connectivity index (χ4n) is 2.56. The highest BCUT2D eigenvalue weighted by Crippen LogP contribution is 2.29. The number of hydrogen-bond donors (Lipinski definition) is 1. The summed E-state index contributed by atoms with van der Waals surface area (Å²) in [6.45, 7) is 0. The number of nitrogens with one attached hydrogen (secondary N) is 1. The molecular formula is C17H11NOS. The summed E-state index contributed by atoms with van der Waals surface area (Å²) < 4.78 is 1.15. The number of benzene rings is 2. The van der Waals surface area contributed by atoms with Crippen molar-refractivity contribution in [3.8, 4) is 0 Å². The van der Waals surface area contributed by atoms with Crippen molar-refractivity contribution in [3.63, 3.8) is 0 Å². The second-order valence-corrected chi connectivity index (χ2v) is 5.63. The lowest BCUT2D eigenvalue weighted by Crippen LogP contribution is -1.98. The Hall–Kier alpha value is -2.39. The second kappa shape index (κ2) is 4.32. The zero-order chi connectivity index (χ0) is 13.5. The van der Waals surface area contributed by atoms with Gasteiger partial charge >= 0.3 is 0 Å². The monoisotopic (exact) mass is 277 g/mol. The molecule has 2 heterocycles. The third kappa shape index (κ3) is 1.60. The molecule has 0 unspecified atom stereocenters. The number of para-hydroxylation sites is 1. The molecule has 4 rings (SSSR count). The fourth-order valence-corrected chi connectivity index (χ4v) is 3.50. The van der Waals surface area contributed by atoms with Crippen LogP contribution in [0.1, 0.15) is 15.9 Å². The summed E-state index contributed by atoms with van der Waals surface area (Å²) in [7, 11) is 0. The molecule has 96 valence electrons. The van der Waals surface area contributed by atoms with Crippen LogP contribution in [0.4, 0.5) is 0 Å². The summed E-state index contributed by atoms with van der Waals surface area (Å²) in [6.07, 6.45) is 1.80. The number of carbonyl (C=O) groups is 1. The molecule has 3 heteroatoms. The van der Waals surface area contributed by atoms with Crippen LogP contribution in [-0.4, -0.2) is 10.8 Å². The molecule has 0 saturated carbocycles. The van der Waals surface area contributed by atoms with Crippen molar-refractivity contribution in [3.05, 3.63) is 71.2 Å². The van der Waals surface area contributed by atoms with E-state index >= 15 is 0 Å². The van der Waals surface area contributed by atoms with Crippen LogP contribution in [0.2, 0.25) is 0 Å². The molecule has 0 amide bonds. The molecule has 4 aromatic rings. The third-order valence-corrected chi connectivity index (χ3v) is 4.52. The van der Waals surface area contributed by atoms with Gasteiger partial charge in [0, 0.05) is 43.7 Å². The van der Waals surface area contributed by atoms with Crippen molar-refractivity contribution in [2.24, 2.45) is 0 Å². The van der Waals surface area contributed by atoms with E-state index in [1.165, 1.54) is 0 Å². The van der Waals surface area contributed by atoms with Gasteiger partial charge in [0.15, 0.2) is 5.78 Å². The molecule has 1 N–H and O–H groups in total. The van der Waals surface area contributed by atoms with E-state index < -0.39 is 0 Å². The average Bonchev–Trinajstić information content (AvgIpc) is 3.11. The SMILES string of the molecule is O=C(c1c[nH]c2ccccc12)c1csc2ccccc12. The molecule has 0 bridgehead atoms. The molecule has 2 aromatic carbocycles. The predicted octanol–water partition coefficient (Wildman–Crippen LogP) is 4.61. The van der Waals surface area contributed by atoms with Gasteiger partial charge in [-0.1, -0.05) is 36.4 Å². The van der Waals surface area contributed by atoms with Gasteiger partial charge in [-0.15, -0.1) is 11.3 Å². The van der Waals surface area contributed by atoms with Crippen molar-refractivity contribution in [1.82, 2.24) is 4.98 Å². The van der Waals surface area contributed by atoms with Gasteiger partial charge in [0.05, 0.1) is 0 Å². The first-order chi connectivity index (χ1) is 9.84.